The monoisotopic (exact) mass is 604 g/mol. The molecule has 1 saturated heterocycles. The molecule has 3 atom stereocenters. The largest absolute Gasteiger partial charge is 0.475 e. The van der Waals surface area contributed by atoms with Crippen LogP contribution >= 0.6 is 27.3 Å². The topological polar surface area (TPSA) is 118 Å². The molecule has 1 aliphatic heterocycles. The molecule has 0 bridgehead atoms. The molecule has 1 aliphatic rings. The summed E-state index contributed by atoms with van der Waals surface area (Å²) in [6.45, 7) is 6.69. The van der Waals surface area contributed by atoms with Crippen LogP contribution in [0.3, 0.4) is 0 Å². The first kappa shape index (κ1) is 28.3. The van der Waals surface area contributed by atoms with E-state index < -0.39 is 18.1 Å². The summed E-state index contributed by atoms with van der Waals surface area (Å²) in [5, 5.41) is 18.1. The molecule has 1 fully saturated rings. The van der Waals surface area contributed by atoms with Gasteiger partial charge in [0.05, 0.1) is 28.8 Å². The molecule has 9 nitrogen and oxygen atoms in total. The first-order valence-electron chi connectivity index (χ1n) is 12.7. The Morgan fingerprint density at radius 2 is 2.08 bits per heavy atom. The maximum Gasteiger partial charge on any atom is 0.254 e. The van der Waals surface area contributed by atoms with Gasteiger partial charge in [-0.2, -0.15) is 0 Å². The number of likely N-dealkylation sites (tertiary alicyclic amines) is 1. The van der Waals surface area contributed by atoms with Crippen LogP contribution in [-0.4, -0.2) is 62.6 Å². The minimum Gasteiger partial charge on any atom is -0.475 e. The quantitative estimate of drug-likeness (QED) is 0.247. The molecule has 1 unspecified atom stereocenters. The van der Waals surface area contributed by atoms with Crippen molar-refractivity contribution in [3.8, 4) is 16.3 Å². The Kier molecular flexibility index (Phi) is 9.56. The van der Waals surface area contributed by atoms with Crippen molar-refractivity contribution in [3.63, 3.8) is 0 Å². The average Bonchev–Trinajstić information content (AvgIpc) is 3.63. The number of carbonyl (C=O) groups excluding carboxylic acids is 2. The third-order valence-corrected chi connectivity index (χ3v) is 8.11. The molecule has 0 radical (unpaired) electrons. The van der Waals surface area contributed by atoms with E-state index in [4.69, 9.17) is 9.26 Å². The van der Waals surface area contributed by atoms with Gasteiger partial charge in [0.2, 0.25) is 11.8 Å². The summed E-state index contributed by atoms with van der Waals surface area (Å²) in [4.78, 5) is 33.7. The lowest BCUT2D eigenvalue weighted by molar-refractivity contribution is -0.141. The van der Waals surface area contributed by atoms with Crippen molar-refractivity contribution in [1.82, 2.24) is 20.4 Å². The zero-order chi connectivity index (χ0) is 27.2. The van der Waals surface area contributed by atoms with Gasteiger partial charge < -0.3 is 24.6 Å². The minimum absolute atomic E-state index is 0.0891. The fourth-order valence-corrected chi connectivity index (χ4v) is 5.64. The fraction of sp³-hybridized carbons (Fsp3) is 0.481. The molecular formula is C27H33BrN4O5S. The number of alkyl halides is 1. The van der Waals surface area contributed by atoms with Crippen LogP contribution in [0.2, 0.25) is 0 Å². The van der Waals surface area contributed by atoms with E-state index in [1.165, 1.54) is 4.90 Å². The molecule has 3 aromatic rings. The Morgan fingerprint density at radius 3 is 2.74 bits per heavy atom. The molecule has 2 N–H and O–H groups in total. The second-order valence-electron chi connectivity index (χ2n) is 9.76. The molecule has 1 aromatic carbocycles. The molecule has 11 heteroatoms. The van der Waals surface area contributed by atoms with E-state index in [1.807, 2.05) is 50.5 Å². The number of halogens is 1. The predicted molar refractivity (Wildman–Crippen MR) is 148 cm³/mol. The highest BCUT2D eigenvalue weighted by molar-refractivity contribution is 9.09. The van der Waals surface area contributed by atoms with Crippen molar-refractivity contribution in [3.05, 3.63) is 52.9 Å². The van der Waals surface area contributed by atoms with E-state index in [1.54, 1.807) is 17.4 Å². The van der Waals surface area contributed by atoms with Crippen LogP contribution in [0.5, 0.6) is 5.88 Å². The Balaban J connectivity index is 1.41. The van der Waals surface area contributed by atoms with E-state index in [0.29, 0.717) is 24.8 Å². The van der Waals surface area contributed by atoms with E-state index in [-0.39, 0.29) is 30.7 Å². The second-order valence-corrected chi connectivity index (χ2v) is 11.4. The van der Waals surface area contributed by atoms with E-state index in [0.717, 1.165) is 33.4 Å². The number of ether oxygens (including phenoxy) is 1. The summed E-state index contributed by atoms with van der Waals surface area (Å²) in [7, 11) is 0. The van der Waals surface area contributed by atoms with Gasteiger partial charge in [-0.1, -0.05) is 54.0 Å². The number of benzene rings is 1. The minimum atomic E-state index is -0.776. The van der Waals surface area contributed by atoms with Crippen molar-refractivity contribution in [2.75, 3.05) is 18.5 Å². The number of aryl methyl sites for hydroxylation is 1. The van der Waals surface area contributed by atoms with Crippen molar-refractivity contribution in [2.45, 2.75) is 58.2 Å². The van der Waals surface area contributed by atoms with E-state index >= 15 is 0 Å². The third-order valence-electron chi connectivity index (χ3n) is 6.57. The highest BCUT2D eigenvalue weighted by Crippen LogP contribution is 2.32. The van der Waals surface area contributed by atoms with Gasteiger partial charge in [0, 0.05) is 30.9 Å². The molecule has 0 spiro atoms. The smallest absolute Gasteiger partial charge is 0.254 e. The molecular weight excluding hydrogens is 572 g/mol. The predicted octanol–water partition coefficient (Wildman–Crippen LogP) is 4.29. The van der Waals surface area contributed by atoms with Gasteiger partial charge in [0.25, 0.3) is 5.88 Å². The zero-order valence-corrected chi connectivity index (χ0v) is 24.1. The van der Waals surface area contributed by atoms with Crippen LogP contribution in [-0.2, 0) is 16.1 Å². The molecule has 0 saturated carbocycles. The van der Waals surface area contributed by atoms with Gasteiger partial charge in [-0.3, -0.25) is 9.59 Å². The lowest BCUT2D eigenvalue weighted by Gasteiger charge is -2.28. The van der Waals surface area contributed by atoms with Gasteiger partial charge >= 0.3 is 0 Å². The summed E-state index contributed by atoms with van der Waals surface area (Å²) in [5.41, 5.74) is 4.84. The molecule has 0 aliphatic carbocycles. The number of amides is 2. The number of aliphatic hydroxyl groups is 1. The van der Waals surface area contributed by atoms with Gasteiger partial charge in [-0.25, -0.2) is 4.98 Å². The number of carbonyl (C=O) groups is 2. The molecule has 2 aromatic heterocycles. The Labute approximate surface area is 234 Å². The maximum atomic E-state index is 13.7. The summed E-state index contributed by atoms with van der Waals surface area (Å²) in [6.07, 6.45) is 0.221. The SMILES string of the molecule is Cc1ncsc1-c1ccc(CNC(=O)[C@@H]2C[C@@H](O)CN2C(=O)C(c2cc(OCCCBr)no2)C(C)C)cc1. The number of rotatable bonds is 11. The highest BCUT2D eigenvalue weighted by Gasteiger charge is 2.43. The zero-order valence-electron chi connectivity index (χ0n) is 21.7. The summed E-state index contributed by atoms with van der Waals surface area (Å²) in [6, 6.07) is 8.83. The Bertz CT molecular complexity index is 1230. The van der Waals surface area contributed by atoms with Crippen LogP contribution in [0.1, 0.15) is 49.6 Å². The molecule has 204 valence electrons. The van der Waals surface area contributed by atoms with Crippen molar-refractivity contribution in [2.24, 2.45) is 5.92 Å². The standard InChI is InChI=1S/C27H33BrN4O5S/c1-16(2)24(22-12-23(31-37-22)36-10-4-9-28)27(35)32-14-20(33)11-21(32)26(34)29-13-18-5-7-19(8-6-18)25-17(3)30-15-38-25/h5-8,12,15-16,20-21,24,33H,4,9-11,13-14H2,1-3H3,(H,29,34)/t20-,21+,24?/m1/s1. The van der Waals surface area contributed by atoms with Gasteiger partial charge in [-0.15, -0.1) is 11.3 Å². The van der Waals surface area contributed by atoms with Crippen molar-refractivity contribution in [1.29, 1.82) is 0 Å². The summed E-state index contributed by atoms with van der Waals surface area (Å²) < 4.78 is 11.1. The molecule has 3 heterocycles. The molecule has 2 amide bonds. The summed E-state index contributed by atoms with van der Waals surface area (Å²) in [5.74, 6) is -0.630. The summed E-state index contributed by atoms with van der Waals surface area (Å²) >= 11 is 4.95. The Hall–Kier alpha value is -2.76. The molecule has 38 heavy (non-hydrogen) atoms. The number of nitrogens with one attached hydrogen (secondary N) is 1. The number of hydrogen-bond donors (Lipinski definition) is 2. The lowest BCUT2D eigenvalue weighted by Crippen LogP contribution is -2.48. The first-order valence-corrected chi connectivity index (χ1v) is 14.7. The van der Waals surface area contributed by atoms with Crippen LogP contribution in [0.4, 0.5) is 0 Å². The number of β-amino-alcohol motifs (C(OH)–C–C–N with tert-alkyl or cyclic N) is 1. The van der Waals surface area contributed by atoms with Gasteiger partial charge in [-0.05, 0) is 35.5 Å². The third kappa shape index (κ3) is 6.62. The van der Waals surface area contributed by atoms with E-state index in [2.05, 4.69) is 31.4 Å². The van der Waals surface area contributed by atoms with Crippen molar-refractivity contribution < 1.29 is 24.0 Å². The number of aliphatic hydroxyl groups excluding tert-OH is 1. The lowest BCUT2D eigenvalue weighted by atomic mass is 9.91. The van der Waals surface area contributed by atoms with E-state index in [9.17, 15) is 14.7 Å². The first-order chi connectivity index (χ1) is 18.3. The van der Waals surface area contributed by atoms with Gasteiger partial charge in [0.1, 0.15) is 12.0 Å². The Morgan fingerprint density at radius 1 is 1.32 bits per heavy atom. The fourth-order valence-electron chi connectivity index (χ4n) is 4.60. The van der Waals surface area contributed by atoms with Crippen LogP contribution < -0.4 is 10.1 Å². The number of aromatic nitrogens is 2. The van der Waals surface area contributed by atoms with Crippen molar-refractivity contribution >= 4 is 39.1 Å². The number of hydrogen-bond acceptors (Lipinski definition) is 8. The van der Waals surface area contributed by atoms with Gasteiger partial charge in [0.15, 0.2) is 5.76 Å². The molecule has 4 rings (SSSR count). The average molecular weight is 606 g/mol. The normalized spacial score (nSPS) is 18.1. The number of nitrogens with zero attached hydrogens (tertiary/aromatic N) is 3. The number of thiazole rings is 1. The van der Waals surface area contributed by atoms with Crippen LogP contribution in [0.25, 0.3) is 10.4 Å². The van der Waals surface area contributed by atoms with Crippen LogP contribution in [0, 0.1) is 12.8 Å². The highest BCUT2D eigenvalue weighted by atomic mass is 79.9. The van der Waals surface area contributed by atoms with Crippen LogP contribution in [0.15, 0.2) is 40.4 Å². The maximum absolute atomic E-state index is 13.7. The second kappa shape index (κ2) is 12.9.